The van der Waals surface area contributed by atoms with E-state index in [0.717, 1.165) is 63.9 Å². The summed E-state index contributed by atoms with van der Waals surface area (Å²) >= 11 is 0. The van der Waals surface area contributed by atoms with E-state index in [-0.39, 0.29) is 18.6 Å². The van der Waals surface area contributed by atoms with Crippen LogP contribution in [0.15, 0.2) is 17.4 Å². The van der Waals surface area contributed by atoms with E-state index in [9.17, 15) is 4.79 Å². The van der Waals surface area contributed by atoms with Crippen LogP contribution in [0.1, 0.15) is 18.1 Å². The predicted octanol–water partition coefficient (Wildman–Crippen LogP) is -0.450. The maximum absolute atomic E-state index is 12.1. The summed E-state index contributed by atoms with van der Waals surface area (Å²) in [5.74, 6) is 0.754. The van der Waals surface area contributed by atoms with Crippen molar-refractivity contribution >= 4 is 11.9 Å². The van der Waals surface area contributed by atoms with Crippen molar-refractivity contribution in [3.05, 3.63) is 18.0 Å². The minimum atomic E-state index is -0.0580. The lowest BCUT2D eigenvalue weighted by Crippen LogP contribution is -2.49. The molecule has 1 N–H and O–H groups in total. The van der Waals surface area contributed by atoms with Crippen LogP contribution in [0.25, 0.3) is 0 Å². The van der Waals surface area contributed by atoms with Crippen molar-refractivity contribution in [2.45, 2.75) is 12.5 Å². The molecule has 10 nitrogen and oxygen atoms in total. The maximum atomic E-state index is 12.1. The average molecular weight is 422 g/mol. The molecule has 2 aliphatic rings. The summed E-state index contributed by atoms with van der Waals surface area (Å²) in [6.07, 6.45) is 4.78. The number of guanidine groups is 1. The Bertz CT molecular complexity index is 700. The molecule has 2 fully saturated rings. The molecule has 3 rings (SSSR count). The van der Waals surface area contributed by atoms with Crippen molar-refractivity contribution in [1.82, 2.24) is 29.8 Å². The van der Waals surface area contributed by atoms with Gasteiger partial charge < -0.3 is 24.6 Å². The van der Waals surface area contributed by atoms with E-state index in [2.05, 4.69) is 25.2 Å². The zero-order valence-electron chi connectivity index (χ0n) is 18.4. The first-order chi connectivity index (χ1) is 14.5. The van der Waals surface area contributed by atoms with Gasteiger partial charge in [-0.15, -0.1) is 0 Å². The molecule has 2 aliphatic heterocycles. The molecular formula is C20H35N7O3. The van der Waals surface area contributed by atoms with Gasteiger partial charge in [0.2, 0.25) is 5.91 Å². The fourth-order valence-electron chi connectivity index (χ4n) is 3.53. The van der Waals surface area contributed by atoms with E-state index in [1.165, 1.54) is 0 Å². The molecule has 0 bridgehead atoms. The summed E-state index contributed by atoms with van der Waals surface area (Å²) in [6.45, 7) is 7.61. The molecule has 1 atom stereocenters. The van der Waals surface area contributed by atoms with Gasteiger partial charge in [0.1, 0.15) is 12.6 Å². The maximum Gasteiger partial charge on any atom is 0.243 e. The van der Waals surface area contributed by atoms with E-state index in [1.807, 2.05) is 19.4 Å². The van der Waals surface area contributed by atoms with Gasteiger partial charge in [-0.25, -0.2) is 4.99 Å². The monoisotopic (exact) mass is 421 g/mol. The van der Waals surface area contributed by atoms with Gasteiger partial charge in [-0.05, 0) is 13.0 Å². The largest absolute Gasteiger partial charge is 0.379 e. The molecule has 0 radical (unpaired) electrons. The van der Waals surface area contributed by atoms with Gasteiger partial charge in [0.05, 0.1) is 32.6 Å². The van der Waals surface area contributed by atoms with Crippen LogP contribution in [0.3, 0.4) is 0 Å². The molecule has 168 valence electrons. The van der Waals surface area contributed by atoms with Crippen LogP contribution in [-0.4, -0.2) is 116 Å². The molecule has 0 aromatic carbocycles. The third kappa shape index (κ3) is 6.68. The number of hydrogen-bond acceptors (Lipinski definition) is 6. The number of likely N-dealkylation sites (N-methyl/N-ethyl adjacent to an activating group) is 1. The van der Waals surface area contributed by atoms with E-state index < -0.39 is 0 Å². The number of carbonyl (C=O) groups excluding carboxylic acids is 1. The SMILES string of the molecule is CN(C)C(=O)CN=C(NCCCN1CCOCC1)N1CCOC(c2cnn(C)c2)C1. The van der Waals surface area contributed by atoms with Gasteiger partial charge in [-0.1, -0.05) is 0 Å². The molecule has 2 saturated heterocycles. The lowest BCUT2D eigenvalue weighted by Gasteiger charge is -2.35. The van der Waals surface area contributed by atoms with Crippen LogP contribution in [0.4, 0.5) is 0 Å². The first-order valence-corrected chi connectivity index (χ1v) is 10.7. The van der Waals surface area contributed by atoms with Gasteiger partial charge in [0, 0.05) is 59.1 Å². The van der Waals surface area contributed by atoms with Gasteiger partial charge in [-0.2, -0.15) is 5.10 Å². The van der Waals surface area contributed by atoms with Crippen molar-refractivity contribution in [3.8, 4) is 0 Å². The van der Waals surface area contributed by atoms with Gasteiger partial charge in [0.15, 0.2) is 5.96 Å². The number of amides is 1. The molecule has 3 heterocycles. The quantitative estimate of drug-likeness (QED) is 0.362. The minimum absolute atomic E-state index is 0.0142. The highest BCUT2D eigenvalue weighted by atomic mass is 16.5. The second-order valence-electron chi connectivity index (χ2n) is 7.92. The number of rotatable bonds is 7. The Labute approximate surface area is 178 Å². The summed E-state index contributed by atoms with van der Waals surface area (Å²) in [6, 6.07) is 0. The lowest BCUT2D eigenvalue weighted by atomic mass is 10.1. The minimum Gasteiger partial charge on any atom is -0.379 e. The number of hydrogen-bond donors (Lipinski definition) is 1. The Hall–Kier alpha value is -2.17. The van der Waals surface area contributed by atoms with Crippen molar-refractivity contribution in [3.63, 3.8) is 0 Å². The standard InChI is InChI=1S/C20H35N7O3/c1-24(2)19(28)14-22-20(21-5-4-6-26-7-10-29-11-8-26)27-9-12-30-18(16-27)17-13-23-25(3)15-17/h13,15,18H,4-12,14,16H2,1-3H3,(H,21,22). The first-order valence-electron chi connectivity index (χ1n) is 10.7. The van der Waals surface area contributed by atoms with Crippen LogP contribution < -0.4 is 5.32 Å². The zero-order valence-corrected chi connectivity index (χ0v) is 18.4. The number of nitrogens with zero attached hydrogens (tertiary/aromatic N) is 6. The van der Waals surface area contributed by atoms with Crippen LogP contribution in [0.2, 0.25) is 0 Å². The molecule has 1 unspecified atom stereocenters. The Balaban J connectivity index is 1.57. The third-order valence-corrected chi connectivity index (χ3v) is 5.36. The number of aliphatic imine (C=N–C) groups is 1. The Kier molecular flexibility index (Phi) is 8.47. The second kappa shape index (κ2) is 11.3. The number of nitrogens with one attached hydrogen (secondary N) is 1. The third-order valence-electron chi connectivity index (χ3n) is 5.36. The highest BCUT2D eigenvalue weighted by molar-refractivity contribution is 5.85. The number of carbonyl (C=O) groups is 1. The van der Waals surface area contributed by atoms with E-state index >= 15 is 0 Å². The smallest absolute Gasteiger partial charge is 0.243 e. The predicted molar refractivity (Wildman–Crippen MR) is 114 cm³/mol. The topological polar surface area (TPSA) is 87.5 Å². The number of aryl methyl sites for hydroxylation is 1. The molecule has 1 aromatic rings. The molecular weight excluding hydrogens is 386 g/mol. The fourth-order valence-corrected chi connectivity index (χ4v) is 3.53. The summed E-state index contributed by atoms with van der Waals surface area (Å²) in [7, 11) is 5.40. The highest BCUT2D eigenvalue weighted by Crippen LogP contribution is 2.21. The van der Waals surface area contributed by atoms with Crippen LogP contribution in [-0.2, 0) is 21.3 Å². The summed E-state index contributed by atoms with van der Waals surface area (Å²) in [5.41, 5.74) is 1.05. The molecule has 1 aromatic heterocycles. The molecule has 0 saturated carbocycles. The average Bonchev–Trinajstić information content (AvgIpc) is 3.20. The lowest BCUT2D eigenvalue weighted by molar-refractivity contribution is -0.127. The normalized spacial score (nSPS) is 21.0. The van der Waals surface area contributed by atoms with Crippen LogP contribution in [0, 0.1) is 0 Å². The summed E-state index contributed by atoms with van der Waals surface area (Å²) < 4.78 is 13.1. The van der Waals surface area contributed by atoms with E-state index in [0.29, 0.717) is 13.2 Å². The van der Waals surface area contributed by atoms with Crippen molar-refractivity contribution < 1.29 is 14.3 Å². The summed E-state index contributed by atoms with van der Waals surface area (Å²) in [5, 5.41) is 7.73. The van der Waals surface area contributed by atoms with Gasteiger partial charge in [0.25, 0.3) is 0 Å². The number of aromatic nitrogens is 2. The van der Waals surface area contributed by atoms with Crippen LogP contribution >= 0.6 is 0 Å². The Morgan fingerprint density at radius 1 is 1.30 bits per heavy atom. The summed E-state index contributed by atoms with van der Waals surface area (Å²) in [4.78, 5) is 22.9. The molecule has 30 heavy (non-hydrogen) atoms. The van der Waals surface area contributed by atoms with Gasteiger partial charge >= 0.3 is 0 Å². The Morgan fingerprint density at radius 2 is 2.10 bits per heavy atom. The van der Waals surface area contributed by atoms with E-state index in [4.69, 9.17) is 9.47 Å². The van der Waals surface area contributed by atoms with Crippen molar-refractivity contribution in [2.24, 2.45) is 12.0 Å². The molecule has 0 spiro atoms. The van der Waals surface area contributed by atoms with E-state index in [1.54, 1.807) is 23.7 Å². The molecule has 1 amide bonds. The van der Waals surface area contributed by atoms with Crippen LogP contribution in [0.5, 0.6) is 0 Å². The second-order valence-corrected chi connectivity index (χ2v) is 7.92. The number of morpholine rings is 2. The highest BCUT2D eigenvalue weighted by Gasteiger charge is 2.25. The number of ether oxygens (including phenoxy) is 2. The van der Waals surface area contributed by atoms with Gasteiger partial charge in [-0.3, -0.25) is 14.4 Å². The molecule has 0 aliphatic carbocycles. The van der Waals surface area contributed by atoms with Crippen molar-refractivity contribution in [2.75, 3.05) is 79.7 Å². The Morgan fingerprint density at radius 3 is 2.80 bits per heavy atom. The fraction of sp³-hybridized carbons (Fsp3) is 0.750. The first kappa shape index (κ1) is 22.5. The molecule has 10 heteroatoms. The zero-order chi connectivity index (χ0) is 21.3. The van der Waals surface area contributed by atoms with Crippen molar-refractivity contribution in [1.29, 1.82) is 0 Å².